The zero-order valence-electron chi connectivity index (χ0n) is 57.2. The van der Waals surface area contributed by atoms with E-state index >= 15 is 0 Å². The number of fused-ring (bicyclic) bond motifs is 2. The van der Waals surface area contributed by atoms with Crippen LogP contribution in [0.2, 0.25) is 20.1 Å². The van der Waals surface area contributed by atoms with Gasteiger partial charge in [0.1, 0.15) is 36.8 Å². The van der Waals surface area contributed by atoms with Crippen molar-refractivity contribution in [2.75, 3.05) is 56.9 Å². The second-order valence-electron chi connectivity index (χ2n) is 22.2. The van der Waals surface area contributed by atoms with Gasteiger partial charge in [-0.25, -0.2) is 19.2 Å². The van der Waals surface area contributed by atoms with Gasteiger partial charge in [-0.15, -0.1) is 0 Å². The number of amides is 3. The number of rotatable bonds is 15. The molecule has 0 fully saturated rings. The molecule has 2 aliphatic heterocycles. The summed E-state index contributed by atoms with van der Waals surface area (Å²) >= 11 is 24.0. The highest BCUT2D eigenvalue weighted by molar-refractivity contribution is 6.35. The standard InChI is InChI=1S/C21H19ClN4O3.C14H15ClN2O2.C12H11ClN2O2.C10H12N2O2.C7H9ClN2O2.C7H10N2O2/c1-25-17-9-5-6-10-18(17)29-13-16(21(25)28)23-20(27)19-15(22)12-26(24-19)11-14-7-3-2-4-8-14;1-3-19-14(18)13-12(15)10(2)17(16-13)9-11-7-5-4-6-8-11;1-8-10(13)11(12(16)17)14-15(8)7-9-5-3-2-4-6-9;1-12-8-4-2-3-5-9(8)14-6-7(11)10(12)13;1-3-12-7(11)6-5(8)4(2)9-10-6;1-3-11-7(10)6-4-5(2)8-9-6/h2-10,12,16H,11,13H2,1H3,(H,23,27);4-8H,3,9H2,1-2H3;2-6H,7H2,1H3,(H,16,17);2-5,7H,6,11H2,1H3;3H2,1-2H3,(H,9,10);4H,3H2,1-2H3,(H,8,9)/t16-;;;7-;;/m0..0../s1. The molecule has 27 nitrogen and oxygen atoms in total. The van der Waals surface area contributed by atoms with Crippen LogP contribution in [0, 0.1) is 27.7 Å². The number of anilines is 2. The van der Waals surface area contributed by atoms with Crippen molar-refractivity contribution < 1.29 is 62.4 Å². The number of carboxylic acids is 1. The topological polar surface area (TPSA) is 341 Å². The number of carbonyl (C=O) groups excluding carboxylic acids is 6. The van der Waals surface area contributed by atoms with E-state index in [2.05, 4.69) is 41.0 Å². The third kappa shape index (κ3) is 21.3. The van der Waals surface area contributed by atoms with Crippen molar-refractivity contribution in [3.05, 3.63) is 240 Å². The lowest BCUT2D eigenvalue weighted by molar-refractivity contribution is -0.120. The van der Waals surface area contributed by atoms with Gasteiger partial charge < -0.3 is 49.6 Å². The second-order valence-corrected chi connectivity index (χ2v) is 23.7. The van der Waals surface area contributed by atoms with Crippen molar-refractivity contribution in [3.63, 3.8) is 0 Å². The molecule has 5 aromatic heterocycles. The highest BCUT2D eigenvalue weighted by atomic mass is 35.5. The number of para-hydroxylation sites is 4. The van der Waals surface area contributed by atoms with Gasteiger partial charge in [0.15, 0.2) is 28.5 Å². The van der Waals surface area contributed by atoms with Crippen LogP contribution in [0.4, 0.5) is 11.4 Å². The Kier molecular flexibility index (Phi) is 29.3. The molecule has 10 aromatic rings. The number of carbonyl (C=O) groups is 7. The first-order valence-corrected chi connectivity index (χ1v) is 33.2. The van der Waals surface area contributed by atoms with Crippen molar-refractivity contribution in [2.24, 2.45) is 5.73 Å². The summed E-state index contributed by atoms with van der Waals surface area (Å²) in [6, 6.07) is 44.1. The van der Waals surface area contributed by atoms with Gasteiger partial charge in [-0.3, -0.25) is 38.6 Å². The molecule has 0 unspecified atom stereocenters. The molecule has 2 aliphatic rings. The quantitative estimate of drug-likeness (QED) is 0.0470. The first-order chi connectivity index (χ1) is 48.8. The van der Waals surface area contributed by atoms with Crippen molar-refractivity contribution in [2.45, 2.75) is 80.2 Å². The first-order valence-electron chi connectivity index (χ1n) is 31.7. The minimum Gasteiger partial charge on any atom is -0.489 e. The third-order valence-corrected chi connectivity index (χ3v) is 16.4. The van der Waals surface area contributed by atoms with Crippen LogP contribution < -0.4 is 30.3 Å². The summed E-state index contributed by atoms with van der Waals surface area (Å²) in [5.41, 5.74) is 13.8. The predicted octanol–water partition coefficient (Wildman–Crippen LogP) is 11.2. The lowest BCUT2D eigenvalue weighted by atomic mass is 10.2. The SMILES string of the molecule is CCOC(=O)c1cc(C)[nH]n1.CCOC(=O)c1n[nH]c(C)c1Cl.CCOC(=O)c1nn(Cc2ccccc2)c(C)c1Cl.CN1C(=O)[C@@H](N)COc2ccccc21.CN1C(=O)[C@@H](NC(=O)c2nn(Cc3ccccc3)cc2Cl)COc2ccccc21.Cc1c(Cl)c(C(=O)O)nn1Cc1ccccc1. The summed E-state index contributed by atoms with van der Waals surface area (Å²) in [4.78, 5) is 84.8. The average molecular weight is 1480 g/mol. The Morgan fingerprint density at radius 1 is 0.559 bits per heavy atom. The van der Waals surface area contributed by atoms with E-state index in [-0.39, 0.29) is 63.8 Å². The number of hydrogen-bond acceptors (Lipinski definition) is 18. The normalized spacial score (nSPS) is 13.4. The Balaban J connectivity index is 0.000000178. The summed E-state index contributed by atoms with van der Waals surface area (Å²) in [5, 5.41) is 37.9. The average Bonchev–Trinajstić information content (AvgIpc) is 1.66. The Morgan fingerprint density at radius 2 is 1.01 bits per heavy atom. The first kappa shape index (κ1) is 78.5. The van der Waals surface area contributed by atoms with Crippen LogP contribution in [0.5, 0.6) is 11.5 Å². The second kappa shape index (κ2) is 38.1. The Bertz CT molecular complexity index is 4490. The van der Waals surface area contributed by atoms with Crippen molar-refractivity contribution in [1.29, 1.82) is 0 Å². The van der Waals surface area contributed by atoms with Gasteiger partial charge >= 0.3 is 23.9 Å². The van der Waals surface area contributed by atoms with Gasteiger partial charge in [0, 0.05) is 26.0 Å². The summed E-state index contributed by atoms with van der Waals surface area (Å²) < 4.78 is 30.4. The number of aromatic carboxylic acids is 1. The molecule has 2 atom stereocenters. The van der Waals surface area contributed by atoms with E-state index < -0.39 is 35.9 Å². The number of aromatic amines is 2. The van der Waals surface area contributed by atoms with Gasteiger partial charge in [-0.1, -0.05) is 162 Å². The summed E-state index contributed by atoms with van der Waals surface area (Å²) in [7, 11) is 3.35. The molecule has 31 heteroatoms. The van der Waals surface area contributed by atoms with Crippen LogP contribution in [-0.2, 0) is 43.4 Å². The number of aromatic nitrogens is 10. The number of hydrogen-bond donors (Lipinski definition) is 5. The van der Waals surface area contributed by atoms with Crippen LogP contribution in [0.3, 0.4) is 0 Å². The number of halogens is 4. The maximum Gasteiger partial charge on any atom is 0.360 e. The largest absolute Gasteiger partial charge is 0.489 e. The number of ether oxygens (including phenoxy) is 5. The molecule has 6 N–H and O–H groups in total. The molecule has 12 rings (SSSR count). The smallest absolute Gasteiger partial charge is 0.360 e. The molecule has 7 heterocycles. The molecule has 0 bridgehead atoms. The Labute approximate surface area is 607 Å². The fraction of sp³-hybridized carbons (Fsp3) is 0.268. The minimum atomic E-state index is -1.11. The zero-order chi connectivity index (χ0) is 74.2. The molecular formula is C71H76Cl4N14O13. The summed E-state index contributed by atoms with van der Waals surface area (Å²) in [6.45, 7) is 15.2. The van der Waals surface area contributed by atoms with Crippen molar-refractivity contribution in [1.82, 2.24) is 55.1 Å². The fourth-order valence-electron chi connectivity index (χ4n) is 9.47. The number of likely N-dealkylation sites (N-methyl/N-ethyl adjacent to an activating group) is 2. The minimum absolute atomic E-state index is 0.0221. The number of nitrogens with one attached hydrogen (secondary N) is 3. The maximum atomic E-state index is 12.8. The van der Waals surface area contributed by atoms with Gasteiger partial charge in [-0.2, -0.15) is 25.5 Å². The molecule has 3 amide bonds. The molecule has 0 radical (unpaired) electrons. The molecular weight excluding hydrogens is 1400 g/mol. The lowest BCUT2D eigenvalue weighted by Crippen LogP contribution is -2.49. The van der Waals surface area contributed by atoms with Crippen LogP contribution in [0.25, 0.3) is 0 Å². The highest BCUT2D eigenvalue weighted by Gasteiger charge is 2.32. The Morgan fingerprint density at radius 3 is 1.48 bits per heavy atom. The van der Waals surface area contributed by atoms with E-state index in [9.17, 15) is 33.6 Å². The summed E-state index contributed by atoms with van der Waals surface area (Å²) in [6.07, 6.45) is 1.59. The number of benzene rings is 5. The van der Waals surface area contributed by atoms with Crippen LogP contribution in [-0.4, -0.2) is 156 Å². The zero-order valence-corrected chi connectivity index (χ0v) is 60.2. The van der Waals surface area contributed by atoms with E-state index in [1.54, 1.807) is 87.2 Å². The monoisotopic (exact) mass is 1470 g/mol. The maximum absolute atomic E-state index is 12.8. The van der Waals surface area contributed by atoms with E-state index in [1.165, 1.54) is 9.80 Å². The highest BCUT2D eigenvalue weighted by Crippen LogP contribution is 2.32. The van der Waals surface area contributed by atoms with E-state index in [0.717, 1.165) is 33.8 Å². The molecule has 0 aliphatic carbocycles. The molecule has 536 valence electrons. The number of nitrogens with zero attached hydrogens (tertiary/aromatic N) is 10. The van der Waals surface area contributed by atoms with Crippen molar-refractivity contribution in [3.8, 4) is 11.5 Å². The van der Waals surface area contributed by atoms with Crippen LogP contribution in [0.1, 0.15) is 113 Å². The Hall–Kier alpha value is -10.8. The lowest BCUT2D eigenvalue weighted by Gasteiger charge is -2.20. The summed E-state index contributed by atoms with van der Waals surface area (Å²) in [5.74, 6) is -2.08. The van der Waals surface area contributed by atoms with Crippen LogP contribution in [0.15, 0.2) is 152 Å². The van der Waals surface area contributed by atoms with E-state index in [1.807, 2.05) is 141 Å². The van der Waals surface area contributed by atoms with E-state index in [0.29, 0.717) is 83.8 Å². The van der Waals surface area contributed by atoms with Gasteiger partial charge in [0.05, 0.1) is 88.0 Å². The number of aryl methyl sites for hydroxylation is 2. The molecule has 102 heavy (non-hydrogen) atoms. The fourth-order valence-corrected chi connectivity index (χ4v) is 10.3. The number of esters is 3. The third-order valence-electron chi connectivity index (χ3n) is 14.8. The molecule has 0 saturated carbocycles. The predicted molar refractivity (Wildman–Crippen MR) is 384 cm³/mol. The van der Waals surface area contributed by atoms with Gasteiger partial charge in [0.2, 0.25) is 5.91 Å². The number of nitrogens with two attached hydrogens (primary N) is 1. The number of H-pyrrole nitrogens is 2. The molecule has 0 spiro atoms. The molecule has 5 aromatic carbocycles. The number of carboxylic acid groups (broad SMARTS) is 1. The molecule has 0 saturated heterocycles. The van der Waals surface area contributed by atoms with Gasteiger partial charge in [0.25, 0.3) is 11.8 Å². The van der Waals surface area contributed by atoms with E-state index in [4.69, 9.17) is 80.9 Å². The van der Waals surface area contributed by atoms with Crippen LogP contribution >= 0.6 is 46.4 Å². The van der Waals surface area contributed by atoms with Gasteiger partial charge in [-0.05, 0) is 95.5 Å². The van der Waals surface area contributed by atoms with Crippen molar-refractivity contribution >= 4 is 99.4 Å².